The number of carbonyl (C=O) groups excluding carboxylic acids is 1. The Bertz CT molecular complexity index is 401. The summed E-state index contributed by atoms with van der Waals surface area (Å²) in [5.41, 5.74) is 0. The van der Waals surface area contributed by atoms with Crippen LogP contribution >= 0.6 is 0 Å². The van der Waals surface area contributed by atoms with Crippen LogP contribution in [0, 0.1) is 26.1 Å². The fourth-order valence-electron chi connectivity index (χ4n) is 1.70. The van der Waals surface area contributed by atoms with Gasteiger partial charge in [-0.1, -0.05) is 20.3 Å². The lowest BCUT2D eigenvalue weighted by Gasteiger charge is -2.20. The van der Waals surface area contributed by atoms with Gasteiger partial charge in [0.15, 0.2) is 0 Å². The van der Waals surface area contributed by atoms with E-state index in [-0.39, 0.29) is 30.8 Å². The van der Waals surface area contributed by atoms with Crippen molar-refractivity contribution in [2.75, 3.05) is 0 Å². The largest absolute Gasteiger partial charge is 0.462 e. The van der Waals surface area contributed by atoms with E-state index in [1.165, 1.54) is 6.92 Å². The third-order valence-electron chi connectivity index (χ3n) is 3.37. The number of nitrogens with zero attached hydrogens (tertiary/aromatic N) is 2. The van der Waals surface area contributed by atoms with Gasteiger partial charge in [-0.3, -0.25) is 4.79 Å². The molecule has 0 heterocycles. The van der Waals surface area contributed by atoms with E-state index in [1.54, 1.807) is 6.92 Å². The molecule has 0 radical (unpaired) electrons. The molecule has 0 N–H and O–H groups in total. The van der Waals surface area contributed by atoms with Crippen molar-refractivity contribution in [3.05, 3.63) is 20.2 Å². The second-order valence-corrected chi connectivity index (χ2v) is 5.59. The van der Waals surface area contributed by atoms with Gasteiger partial charge in [-0.15, -0.1) is 20.2 Å². The van der Waals surface area contributed by atoms with E-state index in [4.69, 9.17) is 4.74 Å². The van der Waals surface area contributed by atoms with Crippen molar-refractivity contribution in [1.82, 2.24) is 0 Å². The van der Waals surface area contributed by atoms with Gasteiger partial charge in [0.05, 0.1) is 0 Å². The first-order valence-corrected chi connectivity index (χ1v) is 7.45. The highest BCUT2D eigenvalue weighted by molar-refractivity contribution is 5.69. The average Bonchev–Trinajstić information content (AvgIpc) is 2.40. The summed E-state index contributed by atoms with van der Waals surface area (Å²) < 4.78 is 5.19. The van der Waals surface area contributed by atoms with E-state index in [9.17, 15) is 25.0 Å². The summed E-state index contributed by atoms with van der Waals surface area (Å²) in [7, 11) is 0. The maximum Gasteiger partial charge on any atom is 0.306 e. The second-order valence-electron chi connectivity index (χ2n) is 5.59. The molecule has 1 unspecified atom stereocenters. The van der Waals surface area contributed by atoms with E-state index < -0.39 is 22.4 Å². The lowest BCUT2D eigenvalue weighted by Crippen LogP contribution is -2.32. The van der Waals surface area contributed by atoms with Crippen LogP contribution in [0.1, 0.15) is 53.4 Å². The lowest BCUT2D eigenvalue weighted by molar-refractivity contribution is -0.798. The van der Waals surface area contributed by atoms with E-state index in [0.717, 1.165) is 0 Å². The monoisotopic (exact) mass is 336 g/mol. The van der Waals surface area contributed by atoms with Crippen LogP contribution in [0.3, 0.4) is 0 Å². The van der Waals surface area contributed by atoms with Crippen molar-refractivity contribution in [1.29, 1.82) is 0 Å². The van der Waals surface area contributed by atoms with Crippen molar-refractivity contribution in [3.63, 3.8) is 0 Å². The number of hydrogen-bond acceptors (Lipinski definition) is 8. The van der Waals surface area contributed by atoms with Crippen LogP contribution in [0.25, 0.3) is 0 Å². The molecule has 0 bridgehead atoms. The molecule has 0 amide bonds. The number of ether oxygens (including phenoxy) is 1. The van der Waals surface area contributed by atoms with Gasteiger partial charge in [0.2, 0.25) is 0 Å². The first kappa shape index (κ1) is 20.9. The average molecular weight is 336 g/mol. The van der Waals surface area contributed by atoms with Crippen molar-refractivity contribution >= 4 is 5.97 Å². The van der Waals surface area contributed by atoms with Crippen molar-refractivity contribution < 1.29 is 29.4 Å². The Morgan fingerprint density at radius 1 is 0.957 bits per heavy atom. The summed E-state index contributed by atoms with van der Waals surface area (Å²) in [5, 5.41) is 18.7. The van der Waals surface area contributed by atoms with Gasteiger partial charge in [0.1, 0.15) is 18.3 Å². The van der Waals surface area contributed by atoms with Gasteiger partial charge < -0.3 is 14.4 Å². The predicted molar refractivity (Wildman–Crippen MR) is 78.3 cm³/mol. The quantitative estimate of drug-likeness (QED) is 0.229. The minimum atomic E-state index is -1.08. The Morgan fingerprint density at radius 3 is 2.00 bits per heavy atom. The van der Waals surface area contributed by atoms with Gasteiger partial charge in [-0.25, -0.2) is 0 Å². The molecule has 10 nitrogen and oxygen atoms in total. The Kier molecular flexibility index (Phi) is 9.59. The van der Waals surface area contributed by atoms with E-state index >= 15 is 0 Å². The molecule has 0 saturated carbocycles. The zero-order valence-electron chi connectivity index (χ0n) is 13.8. The molecule has 0 aromatic heterocycles. The van der Waals surface area contributed by atoms with Crippen LogP contribution in [0.4, 0.5) is 0 Å². The van der Waals surface area contributed by atoms with Gasteiger partial charge in [-0.2, -0.15) is 0 Å². The Labute approximate surface area is 134 Å². The fourth-order valence-corrected chi connectivity index (χ4v) is 1.70. The lowest BCUT2D eigenvalue weighted by atomic mass is 10.1. The van der Waals surface area contributed by atoms with Crippen LogP contribution < -0.4 is 0 Å². The van der Waals surface area contributed by atoms with Gasteiger partial charge >= 0.3 is 5.97 Å². The van der Waals surface area contributed by atoms with Crippen LogP contribution in [0.5, 0.6) is 0 Å². The van der Waals surface area contributed by atoms with Crippen LogP contribution in [0.15, 0.2) is 0 Å². The minimum Gasteiger partial charge on any atom is -0.462 e. The van der Waals surface area contributed by atoms with Crippen molar-refractivity contribution in [2.45, 2.75) is 71.7 Å². The Balaban J connectivity index is 4.18. The van der Waals surface area contributed by atoms with Gasteiger partial charge in [0.25, 0.3) is 10.2 Å². The molecule has 23 heavy (non-hydrogen) atoms. The smallest absolute Gasteiger partial charge is 0.306 e. The molecule has 0 saturated heterocycles. The molecule has 3 atom stereocenters. The third kappa shape index (κ3) is 10.3. The first-order valence-electron chi connectivity index (χ1n) is 7.45. The SMILES string of the molecule is CC(C)C(C)OC(=O)CCCC[C@@H](O[N+](=O)[O-])[C@H](C)O[N+](=O)[O-]. The zero-order chi connectivity index (χ0) is 18.0. The van der Waals surface area contributed by atoms with Crippen molar-refractivity contribution in [2.24, 2.45) is 5.92 Å². The van der Waals surface area contributed by atoms with Crippen molar-refractivity contribution in [3.8, 4) is 0 Å². The molecule has 0 spiro atoms. The molecule has 0 fully saturated rings. The van der Waals surface area contributed by atoms with Gasteiger partial charge in [0, 0.05) is 6.42 Å². The van der Waals surface area contributed by atoms with Crippen LogP contribution in [0.2, 0.25) is 0 Å². The summed E-state index contributed by atoms with van der Waals surface area (Å²) in [6.45, 7) is 7.00. The number of hydrogen-bond donors (Lipinski definition) is 0. The number of esters is 1. The molecule has 0 aliphatic heterocycles. The molecular weight excluding hydrogens is 312 g/mol. The number of rotatable bonds is 12. The highest BCUT2D eigenvalue weighted by Crippen LogP contribution is 2.15. The minimum absolute atomic E-state index is 0.156. The van der Waals surface area contributed by atoms with E-state index in [1.807, 2.05) is 13.8 Å². The molecule has 134 valence electrons. The molecule has 0 aromatic rings. The van der Waals surface area contributed by atoms with Gasteiger partial charge in [-0.05, 0) is 32.6 Å². The van der Waals surface area contributed by atoms with E-state index in [0.29, 0.717) is 12.8 Å². The highest BCUT2D eigenvalue weighted by atomic mass is 17.0. The maximum atomic E-state index is 11.6. The van der Waals surface area contributed by atoms with E-state index in [2.05, 4.69) is 9.68 Å². The zero-order valence-corrected chi connectivity index (χ0v) is 13.8. The standard InChI is InChI=1S/C13H24N2O8/c1-9(2)10(3)21-13(16)8-6-5-7-12(23-15(19)20)11(4)22-14(17)18/h9-12H,5-8H2,1-4H3/t10?,11-,12+/m0/s1. The maximum absolute atomic E-state index is 11.6. The summed E-state index contributed by atoms with van der Waals surface area (Å²) >= 11 is 0. The molecule has 0 rings (SSSR count). The fraction of sp³-hybridized carbons (Fsp3) is 0.923. The second kappa shape index (κ2) is 10.6. The number of carbonyl (C=O) groups is 1. The highest BCUT2D eigenvalue weighted by Gasteiger charge is 2.24. The summed E-state index contributed by atoms with van der Waals surface area (Å²) in [5.74, 6) is -0.121. The normalized spacial score (nSPS) is 14.7. The summed E-state index contributed by atoms with van der Waals surface area (Å²) in [6.07, 6.45) is -1.15. The Hall–Kier alpha value is -2.13. The summed E-state index contributed by atoms with van der Waals surface area (Å²) in [6, 6.07) is 0. The molecule has 10 heteroatoms. The molecule has 0 aliphatic rings. The third-order valence-corrected chi connectivity index (χ3v) is 3.37. The predicted octanol–water partition coefficient (Wildman–Crippen LogP) is 2.31. The molecular formula is C13H24N2O8. The number of unbranched alkanes of at least 4 members (excludes halogenated alkanes) is 1. The van der Waals surface area contributed by atoms with Crippen LogP contribution in [-0.2, 0) is 19.2 Å². The molecule has 0 aliphatic carbocycles. The van der Waals surface area contributed by atoms with Crippen LogP contribution in [-0.4, -0.2) is 34.5 Å². The summed E-state index contributed by atoms with van der Waals surface area (Å²) in [4.78, 5) is 40.9. The molecule has 0 aromatic carbocycles. The first-order chi connectivity index (χ1) is 10.6. The topological polar surface area (TPSA) is 131 Å². The Morgan fingerprint density at radius 2 is 1.52 bits per heavy atom.